The molecule has 0 radical (unpaired) electrons. The maximum atomic E-state index is 11.6. The number of para-hydroxylation sites is 1. The number of hydrogen-bond donors (Lipinski definition) is 0. The van der Waals surface area contributed by atoms with Crippen molar-refractivity contribution in [3.63, 3.8) is 0 Å². The van der Waals surface area contributed by atoms with E-state index in [-0.39, 0.29) is 11.2 Å². The fraction of sp³-hybridized carbons (Fsp3) is 0.600. The molecule has 1 aromatic rings. The van der Waals surface area contributed by atoms with Crippen molar-refractivity contribution in [2.24, 2.45) is 5.41 Å². The molecule has 0 bridgehead atoms. The molecule has 0 spiro atoms. The Balaban J connectivity index is 2.14. The van der Waals surface area contributed by atoms with Crippen molar-refractivity contribution in [1.82, 2.24) is 0 Å². The van der Waals surface area contributed by atoms with Crippen molar-refractivity contribution in [3.05, 3.63) is 28.7 Å². The third kappa shape index (κ3) is 5.46. The summed E-state index contributed by atoms with van der Waals surface area (Å²) < 4.78 is 30.0. The lowest BCUT2D eigenvalue weighted by Gasteiger charge is -2.31. The van der Waals surface area contributed by atoms with E-state index in [4.69, 9.17) is 15.4 Å². The molecule has 0 aromatic heterocycles. The topological polar surface area (TPSA) is 43.4 Å². The largest absolute Gasteiger partial charge is 0.492 e. The van der Waals surface area contributed by atoms with Gasteiger partial charge in [-0.25, -0.2) is 8.42 Å². The number of halogens is 2. The first-order chi connectivity index (χ1) is 9.90. The molecule has 3 nitrogen and oxygen atoms in total. The average molecular weight is 396 g/mol. The first-order valence-electron chi connectivity index (χ1n) is 7.20. The Morgan fingerprint density at radius 3 is 2.33 bits per heavy atom. The molecular weight excluding hydrogens is 376 g/mol. The molecule has 1 aliphatic carbocycles. The fourth-order valence-corrected chi connectivity index (χ4v) is 5.16. The van der Waals surface area contributed by atoms with Crippen LogP contribution in [0.5, 0.6) is 5.75 Å². The molecule has 0 unspecified atom stereocenters. The molecule has 0 atom stereocenters. The zero-order valence-corrected chi connectivity index (χ0v) is 15.0. The maximum Gasteiger partial charge on any atom is 0.233 e. The normalized spacial score (nSPS) is 19.0. The van der Waals surface area contributed by atoms with E-state index in [1.165, 1.54) is 0 Å². The van der Waals surface area contributed by atoms with E-state index in [9.17, 15) is 8.42 Å². The Hall–Kier alpha value is -0.260. The van der Waals surface area contributed by atoms with Crippen molar-refractivity contribution >= 4 is 35.7 Å². The third-order valence-electron chi connectivity index (χ3n) is 4.01. The molecule has 1 aliphatic rings. The van der Waals surface area contributed by atoms with Crippen LogP contribution < -0.4 is 4.74 Å². The fourth-order valence-electron chi connectivity index (χ4n) is 2.97. The lowest BCUT2D eigenvalue weighted by molar-refractivity contribution is 0.145. The highest BCUT2D eigenvalue weighted by molar-refractivity contribution is 9.10. The number of hydrogen-bond acceptors (Lipinski definition) is 3. The summed E-state index contributed by atoms with van der Waals surface area (Å²) in [6.07, 6.45) is 6.07. The smallest absolute Gasteiger partial charge is 0.233 e. The van der Waals surface area contributed by atoms with Crippen LogP contribution in [0.1, 0.15) is 38.5 Å². The standard InChI is InChI=1S/C15H20BrClO3S/c16-13-7-3-4-8-14(13)20-11-15(12-21(17,18)19)9-5-1-2-6-10-15/h3-4,7-8H,1-2,5-6,9-12H2. The Morgan fingerprint density at radius 2 is 1.76 bits per heavy atom. The van der Waals surface area contributed by atoms with E-state index in [1.54, 1.807) is 0 Å². The summed E-state index contributed by atoms with van der Waals surface area (Å²) in [6.45, 7) is 0.390. The monoisotopic (exact) mass is 394 g/mol. The molecule has 118 valence electrons. The van der Waals surface area contributed by atoms with Gasteiger partial charge < -0.3 is 4.74 Å². The van der Waals surface area contributed by atoms with Gasteiger partial charge in [-0.05, 0) is 40.9 Å². The highest BCUT2D eigenvalue weighted by atomic mass is 79.9. The molecule has 0 amide bonds. The lowest BCUT2D eigenvalue weighted by atomic mass is 9.83. The SMILES string of the molecule is O=S(=O)(Cl)CC1(COc2ccccc2Br)CCCCCC1. The zero-order valence-electron chi connectivity index (χ0n) is 11.9. The van der Waals surface area contributed by atoms with E-state index in [0.29, 0.717) is 6.61 Å². The maximum absolute atomic E-state index is 11.6. The first-order valence-corrected chi connectivity index (χ1v) is 10.5. The second-order valence-corrected chi connectivity index (χ2v) is 9.45. The highest BCUT2D eigenvalue weighted by Gasteiger charge is 2.36. The van der Waals surface area contributed by atoms with E-state index in [1.807, 2.05) is 24.3 Å². The summed E-state index contributed by atoms with van der Waals surface area (Å²) in [5.74, 6) is 0.736. The molecule has 0 N–H and O–H groups in total. The summed E-state index contributed by atoms with van der Waals surface area (Å²) in [6, 6.07) is 7.61. The molecule has 1 aromatic carbocycles. The molecule has 2 rings (SSSR count). The summed E-state index contributed by atoms with van der Waals surface area (Å²) in [5, 5.41) is 0. The van der Waals surface area contributed by atoms with Crippen LogP contribution in [0.15, 0.2) is 28.7 Å². The van der Waals surface area contributed by atoms with E-state index in [2.05, 4.69) is 15.9 Å². The predicted octanol–water partition coefficient (Wildman–Crippen LogP) is 4.74. The number of rotatable bonds is 5. The van der Waals surface area contributed by atoms with Gasteiger partial charge in [-0.1, -0.05) is 37.8 Å². The van der Waals surface area contributed by atoms with Gasteiger partial charge in [0.25, 0.3) is 0 Å². The third-order valence-corrected chi connectivity index (χ3v) is 5.95. The Labute approximate surface area is 139 Å². The van der Waals surface area contributed by atoms with Crippen LogP contribution in [-0.4, -0.2) is 20.8 Å². The Bertz CT molecular complexity index is 566. The van der Waals surface area contributed by atoms with Crippen LogP contribution in [-0.2, 0) is 9.05 Å². The van der Waals surface area contributed by atoms with Gasteiger partial charge in [-0.2, -0.15) is 0 Å². The number of benzene rings is 1. The van der Waals surface area contributed by atoms with Gasteiger partial charge in [0.2, 0.25) is 9.05 Å². The highest BCUT2D eigenvalue weighted by Crippen LogP contribution is 2.38. The van der Waals surface area contributed by atoms with Crippen molar-refractivity contribution in [2.45, 2.75) is 38.5 Å². The van der Waals surface area contributed by atoms with Crippen LogP contribution in [0.4, 0.5) is 0 Å². The predicted molar refractivity (Wildman–Crippen MR) is 89.4 cm³/mol. The molecule has 1 fully saturated rings. The summed E-state index contributed by atoms with van der Waals surface area (Å²) in [5.41, 5.74) is -0.369. The van der Waals surface area contributed by atoms with Crippen molar-refractivity contribution < 1.29 is 13.2 Å². The molecule has 0 heterocycles. The first kappa shape index (κ1) is 17.1. The molecule has 0 aliphatic heterocycles. The van der Waals surface area contributed by atoms with Crippen LogP contribution in [0.25, 0.3) is 0 Å². The minimum atomic E-state index is -3.53. The van der Waals surface area contributed by atoms with Crippen LogP contribution in [0, 0.1) is 5.41 Å². The Morgan fingerprint density at radius 1 is 1.14 bits per heavy atom. The van der Waals surface area contributed by atoms with E-state index < -0.39 is 9.05 Å². The minimum absolute atomic E-state index is 0.00793. The molecule has 1 saturated carbocycles. The van der Waals surface area contributed by atoms with Gasteiger partial charge in [0.15, 0.2) is 0 Å². The van der Waals surface area contributed by atoms with Gasteiger partial charge in [0.05, 0.1) is 16.8 Å². The van der Waals surface area contributed by atoms with Crippen molar-refractivity contribution in [3.8, 4) is 5.75 Å². The van der Waals surface area contributed by atoms with Crippen molar-refractivity contribution in [2.75, 3.05) is 12.4 Å². The minimum Gasteiger partial charge on any atom is -0.492 e. The van der Waals surface area contributed by atoms with E-state index in [0.717, 1.165) is 48.7 Å². The second kappa shape index (κ2) is 7.34. The van der Waals surface area contributed by atoms with Crippen LogP contribution in [0.2, 0.25) is 0 Å². The number of ether oxygens (including phenoxy) is 1. The van der Waals surface area contributed by atoms with Gasteiger partial charge in [-0.15, -0.1) is 0 Å². The molecule has 6 heteroatoms. The molecular formula is C15H20BrClO3S. The average Bonchev–Trinajstić information content (AvgIpc) is 2.62. The van der Waals surface area contributed by atoms with Gasteiger partial charge in [-0.3, -0.25) is 0 Å². The van der Waals surface area contributed by atoms with E-state index >= 15 is 0 Å². The summed E-state index contributed by atoms with van der Waals surface area (Å²) >= 11 is 3.45. The van der Waals surface area contributed by atoms with Crippen LogP contribution >= 0.6 is 26.6 Å². The molecule has 21 heavy (non-hydrogen) atoms. The lowest BCUT2D eigenvalue weighted by Crippen LogP contribution is -2.34. The quantitative estimate of drug-likeness (QED) is 0.534. The van der Waals surface area contributed by atoms with Crippen LogP contribution in [0.3, 0.4) is 0 Å². The summed E-state index contributed by atoms with van der Waals surface area (Å²) in [4.78, 5) is 0. The van der Waals surface area contributed by atoms with Gasteiger partial charge in [0.1, 0.15) is 5.75 Å². The van der Waals surface area contributed by atoms with Crippen molar-refractivity contribution in [1.29, 1.82) is 0 Å². The molecule has 0 saturated heterocycles. The van der Waals surface area contributed by atoms with Gasteiger partial charge >= 0.3 is 0 Å². The zero-order chi connectivity index (χ0) is 15.3. The Kier molecular flexibility index (Phi) is 5.97. The second-order valence-electron chi connectivity index (χ2n) is 5.82. The summed E-state index contributed by atoms with van der Waals surface area (Å²) in [7, 11) is 2.00. The van der Waals surface area contributed by atoms with Gasteiger partial charge in [0, 0.05) is 16.1 Å².